The first kappa shape index (κ1) is 11.0. The zero-order valence-electron chi connectivity index (χ0n) is 7.88. The summed E-state index contributed by atoms with van der Waals surface area (Å²) in [5.74, 6) is -0.0874. The molecular weight excluding hydrogens is 184 g/mol. The van der Waals surface area contributed by atoms with Crippen LogP contribution in [-0.4, -0.2) is 33.1 Å². The fraction of sp³-hybridized carbons (Fsp3) is 0.400. The quantitative estimate of drug-likeness (QED) is 0.554. The molecule has 0 amide bonds. The number of aromatic hydroxyl groups is 1. The largest absolute Gasteiger partial charge is 0.508 e. The molecule has 0 aliphatic carbocycles. The predicted molar refractivity (Wildman–Crippen MR) is 50.9 cm³/mol. The van der Waals surface area contributed by atoms with E-state index in [2.05, 4.69) is 0 Å². The van der Waals surface area contributed by atoms with Crippen molar-refractivity contribution in [2.45, 2.75) is 19.1 Å². The third-order valence-corrected chi connectivity index (χ3v) is 2.05. The van der Waals surface area contributed by atoms with Crippen LogP contribution in [0.3, 0.4) is 0 Å². The Labute approximate surface area is 82.1 Å². The van der Waals surface area contributed by atoms with Gasteiger partial charge in [-0.1, -0.05) is 11.6 Å². The van der Waals surface area contributed by atoms with E-state index >= 15 is 0 Å². The maximum atomic E-state index is 9.52. The molecule has 1 rings (SSSR count). The zero-order valence-corrected chi connectivity index (χ0v) is 7.88. The molecule has 0 spiro atoms. The van der Waals surface area contributed by atoms with Crippen molar-refractivity contribution in [2.24, 2.45) is 0 Å². The van der Waals surface area contributed by atoms with Gasteiger partial charge in [0.25, 0.3) is 0 Å². The summed E-state index contributed by atoms with van der Waals surface area (Å²) >= 11 is 0. The van der Waals surface area contributed by atoms with Gasteiger partial charge in [-0.15, -0.1) is 0 Å². The molecule has 0 saturated carbocycles. The van der Waals surface area contributed by atoms with Crippen molar-refractivity contribution in [1.29, 1.82) is 0 Å². The van der Waals surface area contributed by atoms with E-state index in [0.29, 0.717) is 0 Å². The highest BCUT2D eigenvalue weighted by atomic mass is 16.4. The monoisotopic (exact) mass is 198 g/mol. The Morgan fingerprint density at radius 3 is 2.50 bits per heavy atom. The SMILES string of the molecule is Cc1ccc(O)c(C(O)C(O)CO)c1. The Hall–Kier alpha value is -1.10. The third kappa shape index (κ3) is 2.23. The van der Waals surface area contributed by atoms with Crippen molar-refractivity contribution >= 4 is 0 Å². The van der Waals surface area contributed by atoms with Gasteiger partial charge in [-0.3, -0.25) is 0 Å². The molecule has 2 unspecified atom stereocenters. The van der Waals surface area contributed by atoms with E-state index in [0.717, 1.165) is 5.56 Å². The van der Waals surface area contributed by atoms with E-state index in [1.54, 1.807) is 19.1 Å². The second-order valence-electron chi connectivity index (χ2n) is 3.26. The maximum Gasteiger partial charge on any atom is 0.121 e. The molecule has 0 fully saturated rings. The Morgan fingerprint density at radius 2 is 1.93 bits per heavy atom. The first-order chi connectivity index (χ1) is 6.56. The lowest BCUT2D eigenvalue weighted by Crippen LogP contribution is -2.22. The number of aliphatic hydroxyl groups is 3. The summed E-state index contributed by atoms with van der Waals surface area (Å²) in [6.45, 7) is 1.26. The molecule has 4 nitrogen and oxygen atoms in total. The van der Waals surface area contributed by atoms with E-state index in [9.17, 15) is 15.3 Å². The van der Waals surface area contributed by atoms with Gasteiger partial charge in [-0.2, -0.15) is 0 Å². The first-order valence-electron chi connectivity index (χ1n) is 4.32. The average Bonchev–Trinajstić information content (AvgIpc) is 2.19. The van der Waals surface area contributed by atoms with Crippen LogP contribution in [0.15, 0.2) is 18.2 Å². The van der Waals surface area contributed by atoms with Gasteiger partial charge >= 0.3 is 0 Å². The van der Waals surface area contributed by atoms with Crippen LogP contribution in [0, 0.1) is 6.92 Å². The van der Waals surface area contributed by atoms with Gasteiger partial charge < -0.3 is 20.4 Å². The molecule has 0 saturated heterocycles. The van der Waals surface area contributed by atoms with E-state index < -0.39 is 18.8 Å². The molecule has 1 aromatic rings. The van der Waals surface area contributed by atoms with Gasteiger partial charge in [0, 0.05) is 5.56 Å². The molecule has 0 bridgehead atoms. The van der Waals surface area contributed by atoms with Crippen molar-refractivity contribution in [2.75, 3.05) is 6.61 Å². The molecule has 4 N–H and O–H groups in total. The molecule has 0 radical (unpaired) electrons. The third-order valence-electron chi connectivity index (χ3n) is 2.05. The van der Waals surface area contributed by atoms with E-state index in [4.69, 9.17) is 5.11 Å². The lowest BCUT2D eigenvalue weighted by molar-refractivity contribution is -0.0162. The van der Waals surface area contributed by atoms with E-state index in [1.807, 2.05) is 0 Å². The molecular formula is C10H14O4. The van der Waals surface area contributed by atoms with E-state index in [1.165, 1.54) is 6.07 Å². The van der Waals surface area contributed by atoms with Gasteiger partial charge in [0.05, 0.1) is 6.61 Å². The summed E-state index contributed by atoms with van der Waals surface area (Å²) in [5, 5.41) is 36.7. The molecule has 0 aliphatic rings. The number of rotatable bonds is 3. The van der Waals surface area contributed by atoms with Gasteiger partial charge in [0.1, 0.15) is 18.0 Å². The van der Waals surface area contributed by atoms with Crippen LogP contribution in [-0.2, 0) is 0 Å². The Balaban J connectivity index is 2.99. The van der Waals surface area contributed by atoms with Crippen LogP contribution in [0.4, 0.5) is 0 Å². The molecule has 0 aromatic heterocycles. The molecule has 78 valence electrons. The van der Waals surface area contributed by atoms with Crippen molar-refractivity contribution in [3.63, 3.8) is 0 Å². The van der Waals surface area contributed by atoms with Crippen molar-refractivity contribution in [3.05, 3.63) is 29.3 Å². The number of phenols is 1. The smallest absolute Gasteiger partial charge is 0.121 e. The highest BCUT2D eigenvalue weighted by Crippen LogP contribution is 2.27. The Bertz CT molecular complexity index is 311. The highest BCUT2D eigenvalue weighted by molar-refractivity contribution is 5.37. The fourth-order valence-electron chi connectivity index (χ4n) is 1.22. The normalized spacial score (nSPS) is 15.1. The van der Waals surface area contributed by atoms with Crippen molar-refractivity contribution in [1.82, 2.24) is 0 Å². The summed E-state index contributed by atoms with van der Waals surface area (Å²) < 4.78 is 0. The molecule has 14 heavy (non-hydrogen) atoms. The van der Waals surface area contributed by atoms with Crippen LogP contribution in [0.25, 0.3) is 0 Å². The number of aliphatic hydroxyl groups excluding tert-OH is 3. The average molecular weight is 198 g/mol. The Morgan fingerprint density at radius 1 is 1.29 bits per heavy atom. The van der Waals surface area contributed by atoms with Crippen molar-refractivity contribution < 1.29 is 20.4 Å². The summed E-state index contributed by atoms with van der Waals surface area (Å²) in [6, 6.07) is 4.70. The second kappa shape index (κ2) is 4.41. The van der Waals surface area contributed by atoms with Gasteiger partial charge in [0.2, 0.25) is 0 Å². The van der Waals surface area contributed by atoms with Crippen LogP contribution < -0.4 is 0 Å². The lowest BCUT2D eigenvalue weighted by atomic mass is 10.0. The van der Waals surface area contributed by atoms with Crippen molar-refractivity contribution in [3.8, 4) is 5.75 Å². The molecule has 0 aliphatic heterocycles. The molecule has 4 heteroatoms. The van der Waals surface area contributed by atoms with E-state index in [-0.39, 0.29) is 11.3 Å². The summed E-state index contributed by atoms with van der Waals surface area (Å²) in [6.07, 6.45) is -2.54. The van der Waals surface area contributed by atoms with Crippen LogP contribution in [0.1, 0.15) is 17.2 Å². The number of benzene rings is 1. The minimum Gasteiger partial charge on any atom is -0.508 e. The van der Waals surface area contributed by atoms with Crippen LogP contribution in [0.2, 0.25) is 0 Å². The zero-order chi connectivity index (χ0) is 10.7. The van der Waals surface area contributed by atoms with Crippen LogP contribution in [0.5, 0.6) is 5.75 Å². The lowest BCUT2D eigenvalue weighted by Gasteiger charge is -2.17. The number of hydrogen-bond acceptors (Lipinski definition) is 4. The summed E-state index contributed by atoms with van der Waals surface area (Å²) in [7, 11) is 0. The first-order valence-corrected chi connectivity index (χ1v) is 4.32. The maximum absolute atomic E-state index is 9.52. The number of hydrogen-bond donors (Lipinski definition) is 4. The van der Waals surface area contributed by atoms with Gasteiger partial charge in [-0.25, -0.2) is 0 Å². The summed E-state index contributed by atoms with van der Waals surface area (Å²) in [5.41, 5.74) is 1.09. The molecule has 0 heterocycles. The van der Waals surface area contributed by atoms with Crippen LogP contribution >= 0.6 is 0 Å². The fourth-order valence-corrected chi connectivity index (χ4v) is 1.22. The van der Waals surface area contributed by atoms with Gasteiger partial charge in [0.15, 0.2) is 0 Å². The minimum atomic E-state index is -1.28. The summed E-state index contributed by atoms with van der Waals surface area (Å²) in [4.78, 5) is 0. The predicted octanol–water partition coefficient (Wildman–Crippen LogP) is 0.0872. The molecule has 2 atom stereocenters. The topological polar surface area (TPSA) is 80.9 Å². The Kier molecular flexibility index (Phi) is 3.46. The molecule has 1 aromatic carbocycles. The van der Waals surface area contributed by atoms with Gasteiger partial charge in [-0.05, 0) is 19.1 Å². The second-order valence-corrected chi connectivity index (χ2v) is 3.26. The minimum absolute atomic E-state index is 0.0874. The standard InChI is InChI=1S/C10H14O4/c1-6-2-3-8(12)7(4-6)10(14)9(13)5-11/h2-4,9-14H,5H2,1H3. The highest BCUT2D eigenvalue weighted by Gasteiger charge is 2.20. The number of phenolic OH excluding ortho intramolecular Hbond substituents is 1. The number of aryl methyl sites for hydroxylation is 1.